The minimum Gasteiger partial charge on any atom is -0.319 e. The highest BCUT2D eigenvalue weighted by atomic mass is 32.2. The molecule has 2 heterocycles. The van der Waals surface area contributed by atoms with Gasteiger partial charge in [-0.15, -0.1) is 0 Å². The number of hydrogen-bond donors (Lipinski definition) is 1. The van der Waals surface area contributed by atoms with Crippen molar-refractivity contribution in [1.82, 2.24) is 13.9 Å². The lowest BCUT2D eigenvalue weighted by atomic mass is 10.00. The fourth-order valence-electron chi connectivity index (χ4n) is 3.07. The van der Waals surface area contributed by atoms with Gasteiger partial charge in [-0.05, 0) is 51.1 Å². The van der Waals surface area contributed by atoms with Gasteiger partial charge in [0, 0.05) is 26.2 Å². The second kappa shape index (κ2) is 6.52. The van der Waals surface area contributed by atoms with Crippen LogP contribution in [0.2, 0.25) is 0 Å². The molecule has 112 valence electrons. The highest BCUT2D eigenvalue weighted by Crippen LogP contribution is 2.24. The fourth-order valence-corrected chi connectivity index (χ4v) is 4.83. The molecule has 1 atom stereocenters. The Morgan fingerprint density at radius 2 is 1.79 bits per heavy atom. The molecule has 0 saturated carbocycles. The monoisotopic (exact) mass is 289 g/mol. The Bertz CT molecular complexity index is 375. The van der Waals surface area contributed by atoms with E-state index in [1.165, 1.54) is 0 Å². The first-order valence-corrected chi connectivity index (χ1v) is 8.83. The standard InChI is InChI=1S/C13H27N3O2S/c1-12-5-8-15(9-6-12)19(17,18)16-7-3-4-13(11-16)10-14-2/h12-14H,3-11H2,1-2H3. The Balaban J connectivity index is 1.98. The molecule has 2 aliphatic heterocycles. The zero-order chi connectivity index (χ0) is 13.9. The van der Waals surface area contributed by atoms with Crippen LogP contribution >= 0.6 is 0 Å². The smallest absolute Gasteiger partial charge is 0.281 e. The fraction of sp³-hybridized carbons (Fsp3) is 1.00. The molecule has 0 spiro atoms. The maximum Gasteiger partial charge on any atom is 0.281 e. The predicted molar refractivity (Wildman–Crippen MR) is 77.1 cm³/mol. The zero-order valence-corrected chi connectivity index (χ0v) is 13.0. The van der Waals surface area contributed by atoms with Gasteiger partial charge in [0.25, 0.3) is 10.2 Å². The lowest BCUT2D eigenvalue weighted by Gasteiger charge is -2.37. The SMILES string of the molecule is CNCC1CCCN(S(=O)(=O)N2CCC(C)CC2)C1. The third-order valence-corrected chi connectivity index (χ3v) is 6.37. The van der Waals surface area contributed by atoms with Crippen LogP contribution in [0.5, 0.6) is 0 Å². The van der Waals surface area contributed by atoms with E-state index in [-0.39, 0.29) is 0 Å². The van der Waals surface area contributed by atoms with E-state index >= 15 is 0 Å². The van der Waals surface area contributed by atoms with Crippen molar-refractivity contribution in [3.63, 3.8) is 0 Å². The normalized spacial score (nSPS) is 28.6. The second-order valence-corrected chi connectivity index (χ2v) is 7.94. The van der Waals surface area contributed by atoms with E-state index in [2.05, 4.69) is 12.2 Å². The highest BCUT2D eigenvalue weighted by Gasteiger charge is 2.34. The molecule has 0 aliphatic carbocycles. The first-order chi connectivity index (χ1) is 9.04. The Morgan fingerprint density at radius 1 is 1.11 bits per heavy atom. The first kappa shape index (κ1) is 15.2. The average molecular weight is 289 g/mol. The van der Waals surface area contributed by atoms with Gasteiger partial charge in [0.15, 0.2) is 0 Å². The molecule has 1 N–H and O–H groups in total. The Kier molecular flexibility index (Phi) is 5.22. The van der Waals surface area contributed by atoms with Gasteiger partial charge < -0.3 is 5.32 Å². The maximum absolute atomic E-state index is 12.6. The number of nitrogens with zero attached hydrogens (tertiary/aromatic N) is 2. The molecule has 2 aliphatic rings. The van der Waals surface area contributed by atoms with E-state index in [0.29, 0.717) is 38.0 Å². The average Bonchev–Trinajstić information content (AvgIpc) is 2.40. The van der Waals surface area contributed by atoms with Crippen LogP contribution in [-0.2, 0) is 10.2 Å². The molecular formula is C13H27N3O2S. The summed E-state index contributed by atoms with van der Waals surface area (Å²) in [5.74, 6) is 1.11. The van der Waals surface area contributed by atoms with Gasteiger partial charge in [0.1, 0.15) is 0 Å². The third kappa shape index (κ3) is 3.68. The molecule has 6 heteroatoms. The van der Waals surface area contributed by atoms with Gasteiger partial charge in [-0.25, -0.2) is 0 Å². The van der Waals surface area contributed by atoms with E-state index in [1.54, 1.807) is 8.61 Å². The zero-order valence-electron chi connectivity index (χ0n) is 12.1. The molecule has 0 aromatic carbocycles. The van der Waals surface area contributed by atoms with Crippen LogP contribution in [0.15, 0.2) is 0 Å². The van der Waals surface area contributed by atoms with E-state index in [9.17, 15) is 8.42 Å². The van der Waals surface area contributed by atoms with Gasteiger partial charge in [-0.3, -0.25) is 0 Å². The summed E-state index contributed by atoms with van der Waals surface area (Å²) in [7, 11) is -1.29. The molecule has 2 saturated heterocycles. The first-order valence-electron chi connectivity index (χ1n) is 7.44. The second-order valence-electron chi connectivity index (χ2n) is 6.01. The van der Waals surface area contributed by atoms with Crippen LogP contribution in [0.1, 0.15) is 32.6 Å². The maximum atomic E-state index is 12.6. The lowest BCUT2D eigenvalue weighted by Crippen LogP contribution is -2.50. The van der Waals surface area contributed by atoms with Gasteiger partial charge in [-0.1, -0.05) is 6.92 Å². The van der Waals surface area contributed by atoms with E-state index in [1.807, 2.05) is 7.05 Å². The van der Waals surface area contributed by atoms with E-state index in [4.69, 9.17) is 0 Å². The minimum atomic E-state index is -3.22. The molecule has 2 fully saturated rings. The molecule has 0 radical (unpaired) electrons. The largest absolute Gasteiger partial charge is 0.319 e. The lowest BCUT2D eigenvalue weighted by molar-refractivity contribution is 0.225. The summed E-state index contributed by atoms with van der Waals surface area (Å²) in [5.41, 5.74) is 0. The Morgan fingerprint density at radius 3 is 2.42 bits per heavy atom. The molecule has 0 bridgehead atoms. The summed E-state index contributed by atoms with van der Waals surface area (Å²) in [4.78, 5) is 0. The van der Waals surface area contributed by atoms with Crippen molar-refractivity contribution in [1.29, 1.82) is 0 Å². The molecule has 0 aromatic heterocycles. The van der Waals surface area contributed by atoms with E-state index < -0.39 is 10.2 Å². The number of hydrogen-bond acceptors (Lipinski definition) is 3. The molecule has 2 rings (SSSR count). The van der Waals surface area contributed by atoms with Crippen LogP contribution < -0.4 is 5.32 Å². The molecular weight excluding hydrogens is 262 g/mol. The summed E-state index contributed by atoms with van der Waals surface area (Å²) < 4.78 is 28.6. The van der Waals surface area contributed by atoms with Crippen molar-refractivity contribution in [2.45, 2.75) is 32.6 Å². The minimum absolute atomic E-state index is 0.456. The van der Waals surface area contributed by atoms with Crippen molar-refractivity contribution in [2.24, 2.45) is 11.8 Å². The van der Waals surface area contributed by atoms with Gasteiger partial charge >= 0.3 is 0 Å². The molecule has 0 amide bonds. The van der Waals surface area contributed by atoms with Crippen LogP contribution in [0.3, 0.4) is 0 Å². The summed E-state index contributed by atoms with van der Waals surface area (Å²) in [6.45, 7) is 5.86. The van der Waals surface area contributed by atoms with Crippen LogP contribution in [0, 0.1) is 11.8 Å². The van der Waals surface area contributed by atoms with Crippen molar-refractivity contribution in [3.05, 3.63) is 0 Å². The summed E-state index contributed by atoms with van der Waals surface area (Å²) in [5, 5.41) is 3.16. The topological polar surface area (TPSA) is 52.7 Å². The highest BCUT2D eigenvalue weighted by molar-refractivity contribution is 7.86. The summed E-state index contributed by atoms with van der Waals surface area (Å²) in [6, 6.07) is 0. The van der Waals surface area contributed by atoms with Crippen LogP contribution in [0.4, 0.5) is 0 Å². The predicted octanol–water partition coefficient (Wildman–Crippen LogP) is 0.895. The molecule has 5 nitrogen and oxygen atoms in total. The van der Waals surface area contributed by atoms with Crippen LogP contribution in [0.25, 0.3) is 0 Å². The quantitative estimate of drug-likeness (QED) is 0.836. The van der Waals surface area contributed by atoms with Crippen molar-refractivity contribution < 1.29 is 8.42 Å². The molecule has 1 unspecified atom stereocenters. The van der Waals surface area contributed by atoms with Crippen molar-refractivity contribution >= 4 is 10.2 Å². The van der Waals surface area contributed by atoms with Crippen LogP contribution in [-0.4, -0.2) is 56.8 Å². The van der Waals surface area contributed by atoms with Crippen molar-refractivity contribution in [3.8, 4) is 0 Å². The number of nitrogens with one attached hydrogen (secondary N) is 1. The Labute approximate surface area is 117 Å². The van der Waals surface area contributed by atoms with Gasteiger partial charge in [0.05, 0.1) is 0 Å². The molecule has 19 heavy (non-hydrogen) atoms. The van der Waals surface area contributed by atoms with E-state index in [0.717, 1.165) is 32.2 Å². The summed E-state index contributed by atoms with van der Waals surface area (Å²) >= 11 is 0. The van der Waals surface area contributed by atoms with Gasteiger partial charge in [-0.2, -0.15) is 17.0 Å². The van der Waals surface area contributed by atoms with Gasteiger partial charge in [0.2, 0.25) is 0 Å². The number of piperidine rings is 2. The summed E-state index contributed by atoms with van der Waals surface area (Å²) in [6.07, 6.45) is 4.10. The molecule has 0 aromatic rings. The number of rotatable bonds is 4. The third-order valence-electron chi connectivity index (χ3n) is 4.37. The van der Waals surface area contributed by atoms with Crippen molar-refractivity contribution in [2.75, 3.05) is 39.8 Å². The Hall–Kier alpha value is -0.170.